The third-order valence-electron chi connectivity index (χ3n) is 2.97. The van der Waals surface area contributed by atoms with Crippen molar-refractivity contribution in [2.24, 2.45) is 5.10 Å². The molecule has 0 N–H and O–H groups in total. The van der Waals surface area contributed by atoms with Crippen molar-refractivity contribution in [2.45, 2.75) is 6.92 Å². The highest BCUT2D eigenvalue weighted by Crippen LogP contribution is 2.31. The second-order valence-electron chi connectivity index (χ2n) is 4.57. The van der Waals surface area contributed by atoms with Crippen LogP contribution in [0, 0.1) is 17.0 Å². The number of aromatic nitrogens is 3. The summed E-state index contributed by atoms with van der Waals surface area (Å²) in [6, 6.07) is 8.35. The van der Waals surface area contributed by atoms with Crippen LogP contribution >= 0.6 is 0 Å². The van der Waals surface area contributed by atoms with Crippen LogP contribution in [0.3, 0.4) is 0 Å². The van der Waals surface area contributed by atoms with Crippen molar-refractivity contribution in [3.05, 3.63) is 64.4 Å². The predicted octanol–water partition coefficient (Wildman–Crippen LogP) is 2.64. The quantitative estimate of drug-likeness (QED) is 0.418. The lowest BCUT2D eigenvalue weighted by atomic mass is 10.1. The Morgan fingerprint density at radius 2 is 2.05 bits per heavy atom. The van der Waals surface area contributed by atoms with E-state index in [1.54, 1.807) is 31.2 Å². The maximum absolute atomic E-state index is 11.2. The molecule has 110 valence electrons. The Kier molecular flexibility index (Phi) is 3.48. The number of rotatable bonds is 4. The molecular formula is C14H11N5O3. The Bertz CT molecular complexity index is 836. The zero-order valence-electron chi connectivity index (χ0n) is 11.6. The van der Waals surface area contributed by atoms with E-state index in [9.17, 15) is 10.1 Å². The van der Waals surface area contributed by atoms with Crippen molar-refractivity contribution >= 4 is 11.9 Å². The van der Waals surface area contributed by atoms with E-state index < -0.39 is 4.92 Å². The van der Waals surface area contributed by atoms with Gasteiger partial charge in [-0.25, -0.2) is 4.68 Å². The molecule has 22 heavy (non-hydrogen) atoms. The van der Waals surface area contributed by atoms with E-state index in [1.807, 2.05) is 0 Å². The number of aryl methyl sites for hydroxylation is 1. The molecule has 0 aliphatic heterocycles. The summed E-state index contributed by atoms with van der Waals surface area (Å²) in [6.07, 6.45) is 4.35. The van der Waals surface area contributed by atoms with Gasteiger partial charge < -0.3 is 4.42 Å². The normalized spacial score (nSPS) is 11.1. The number of hydrogen-bond donors (Lipinski definition) is 0. The van der Waals surface area contributed by atoms with Crippen LogP contribution in [-0.4, -0.2) is 26.0 Å². The van der Waals surface area contributed by atoms with Gasteiger partial charge in [-0.15, -0.1) is 10.2 Å². The first-order chi connectivity index (χ1) is 10.6. The number of hydrogen-bond acceptors (Lipinski definition) is 6. The highest BCUT2D eigenvalue weighted by atomic mass is 16.6. The molecule has 0 saturated carbocycles. The maximum Gasteiger partial charge on any atom is 0.280 e. The van der Waals surface area contributed by atoms with E-state index in [0.717, 1.165) is 5.56 Å². The number of benzene rings is 1. The van der Waals surface area contributed by atoms with E-state index in [-0.39, 0.29) is 5.69 Å². The lowest BCUT2D eigenvalue weighted by Gasteiger charge is -2.00. The smallest absolute Gasteiger partial charge is 0.280 e. The Morgan fingerprint density at radius 1 is 1.27 bits per heavy atom. The van der Waals surface area contributed by atoms with Crippen LogP contribution in [0.15, 0.2) is 52.5 Å². The first kappa shape index (κ1) is 13.7. The monoisotopic (exact) mass is 297 g/mol. The first-order valence-corrected chi connectivity index (χ1v) is 6.38. The molecular weight excluding hydrogens is 286 g/mol. The average Bonchev–Trinajstić information content (AvgIpc) is 3.16. The highest BCUT2D eigenvalue weighted by molar-refractivity contribution is 5.78. The van der Waals surface area contributed by atoms with Crippen LogP contribution in [0.2, 0.25) is 0 Å². The standard InChI is InChI=1S/C14H11N5O3/c1-10-2-4-12(13(6-10)19(20)21)14-5-3-11(22-14)7-17-18-8-15-16-9-18/h2-9H,1H3/b17-7-. The Balaban J connectivity index is 1.92. The second kappa shape index (κ2) is 5.60. The summed E-state index contributed by atoms with van der Waals surface area (Å²) < 4.78 is 7.00. The molecule has 0 saturated heterocycles. The lowest BCUT2D eigenvalue weighted by Crippen LogP contribution is -1.92. The fourth-order valence-electron chi connectivity index (χ4n) is 1.95. The minimum atomic E-state index is -0.421. The third-order valence-corrected chi connectivity index (χ3v) is 2.97. The first-order valence-electron chi connectivity index (χ1n) is 6.38. The summed E-state index contributed by atoms with van der Waals surface area (Å²) in [5.74, 6) is 0.885. The van der Waals surface area contributed by atoms with Crippen LogP contribution in [0.4, 0.5) is 5.69 Å². The predicted molar refractivity (Wildman–Crippen MR) is 78.5 cm³/mol. The van der Waals surface area contributed by atoms with E-state index in [4.69, 9.17) is 4.42 Å². The van der Waals surface area contributed by atoms with Crippen molar-refractivity contribution in [1.29, 1.82) is 0 Å². The minimum Gasteiger partial charge on any atom is -0.455 e. The van der Waals surface area contributed by atoms with Gasteiger partial charge in [0.25, 0.3) is 5.69 Å². The molecule has 0 aliphatic rings. The summed E-state index contributed by atoms with van der Waals surface area (Å²) >= 11 is 0. The fourth-order valence-corrected chi connectivity index (χ4v) is 1.95. The van der Waals surface area contributed by atoms with E-state index >= 15 is 0 Å². The molecule has 0 radical (unpaired) electrons. The van der Waals surface area contributed by atoms with Gasteiger partial charge in [0.05, 0.1) is 16.7 Å². The highest BCUT2D eigenvalue weighted by Gasteiger charge is 2.17. The molecule has 8 heteroatoms. The van der Waals surface area contributed by atoms with Crippen LogP contribution in [0.1, 0.15) is 11.3 Å². The van der Waals surface area contributed by atoms with Crippen molar-refractivity contribution in [3.8, 4) is 11.3 Å². The summed E-state index contributed by atoms with van der Waals surface area (Å²) in [7, 11) is 0. The van der Waals surface area contributed by atoms with Gasteiger partial charge in [-0.05, 0) is 30.7 Å². The van der Waals surface area contributed by atoms with Gasteiger partial charge in [0.2, 0.25) is 0 Å². The third kappa shape index (κ3) is 2.75. The molecule has 0 atom stereocenters. The largest absolute Gasteiger partial charge is 0.455 e. The Morgan fingerprint density at radius 3 is 2.77 bits per heavy atom. The minimum absolute atomic E-state index is 0.0108. The van der Waals surface area contributed by atoms with E-state index in [0.29, 0.717) is 17.1 Å². The second-order valence-corrected chi connectivity index (χ2v) is 4.57. The van der Waals surface area contributed by atoms with Gasteiger partial charge in [0.15, 0.2) is 0 Å². The van der Waals surface area contributed by atoms with Gasteiger partial charge in [-0.2, -0.15) is 5.10 Å². The van der Waals surface area contributed by atoms with Crippen LogP contribution in [0.25, 0.3) is 11.3 Å². The molecule has 0 bridgehead atoms. The van der Waals surface area contributed by atoms with Gasteiger partial charge in [0, 0.05) is 6.07 Å². The number of nitrogens with zero attached hydrogens (tertiary/aromatic N) is 5. The Labute approximate surface area is 124 Å². The lowest BCUT2D eigenvalue weighted by molar-refractivity contribution is -0.384. The van der Waals surface area contributed by atoms with Crippen molar-refractivity contribution in [2.75, 3.05) is 0 Å². The van der Waals surface area contributed by atoms with Crippen LogP contribution in [-0.2, 0) is 0 Å². The van der Waals surface area contributed by atoms with Crippen LogP contribution < -0.4 is 0 Å². The molecule has 2 aromatic heterocycles. The van der Waals surface area contributed by atoms with E-state index in [1.165, 1.54) is 29.6 Å². The van der Waals surface area contributed by atoms with Gasteiger partial charge in [-0.3, -0.25) is 10.1 Å². The van der Waals surface area contributed by atoms with Crippen LogP contribution in [0.5, 0.6) is 0 Å². The van der Waals surface area contributed by atoms with E-state index in [2.05, 4.69) is 15.3 Å². The molecule has 8 nitrogen and oxygen atoms in total. The SMILES string of the molecule is Cc1ccc(-c2ccc(/C=N\n3cnnc3)o2)c([N+](=O)[O-])c1. The van der Waals surface area contributed by atoms with Gasteiger partial charge in [-0.1, -0.05) is 6.07 Å². The molecule has 0 aliphatic carbocycles. The summed E-state index contributed by atoms with van der Waals surface area (Å²) in [5, 5.41) is 22.5. The zero-order chi connectivity index (χ0) is 15.5. The Hall–Kier alpha value is -3.29. The summed E-state index contributed by atoms with van der Waals surface area (Å²) in [6.45, 7) is 1.80. The molecule has 0 unspecified atom stereocenters. The topological polar surface area (TPSA) is 99.3 Å². The molecule has 2 heterocycles. The average molecular weight is 297 g/mol. The van der Waals surface area contributed by atoms with Crippen molar-refractivity contribution < 1.29 is 9.34 Å². The molecule has 0 spiro atoms. The maximum atomic E-state index is 11.2. The molecule has 0 amide bonds. The summed E-state index contributed by atoms with van der Waals surface area (Å²) in [4.78, 5) is 10.7. The molecule has 0 fully saturated rings. The summed E-state index contributed by atoms with van der Waals surface area (Å²) in [5.41, 5.74) is 1.26. The number of nitro groups is 1. The van der Waals surface area contributed by atoms with Gasteiger partial charge in [0.1, 0.15) is 24.2 Å². The molecule has 3 aromatic rings. The number of furan rings is 1. The number of nitro benzene ring substituents is 1. The van der Waals surface area contributed by atoms with Crippen molar-refractivity contribution in [1.82, 2.24) is 14.9 Å². The van der Waals surface area contributed by atoms with Gasteiger partial charge >= 0.3 is 0 Å². The molecule has 1 aromatic carbocycles. The molecule has 3 rings (SSSR count). The fraction of sp³-hybridized carbons (Fsp3) is 0.0714. The zero-order valence-corrected chi connectivity index (χ0v) is 11.6. The van der Waals surface area contributed by atoms with Crippen molar-refractivity contribution in [3.63, 3.8) is 0 Å².